The van der Waals surface area contributed by atoms with Gasteiger partial charge in [-0.25, -0.2) is 4.79 Å². The number of halogens is 3. The van der Waals surface area contributed by atoms with Crippen molar-refractivity contribution >= 4 is 17.6 Å². The van der Waals surface area contributed by atoms with E-state index >= 15 is 0 Å². The van der Waals surface area contributed by atoms with Crippen molar-refractivity contribution in [2.24, 2.45) is 0 Å². The molecule has 1 N–H and O–H groups in total. The van der Waals surface area contributed by atoms with Crippen LogP contribution in [0.4, 0.5) is 23.7 Å². The largest absolute Gasteiger partial charge is 0.457 e. The molecule has 0 spiro atoms. The van der Waals surface area contributed by atoms with Gasteiger partial charge < -0.3 is 24.4 Å². The van der Waals surface area contributed by atoms with E-state index in [0.717, 1.165) is 23.4 Å². The Morgan fingerprint density at radius 3 is 2.38 bits per heavy atom. The number of nitrogens with zero attached hydrogens (tertiary/aromatic N) is 3. The predicted octanol–water partition coefficient (Wildman–Crippen LogP) is 7.17. The van der Waals surface area contributed by atoms with Gasteiger partial charge in [-0.15, -0.1) is 0 Å². The molecule has 0 fully saturated rings. The maximum Gasteiger partial charge on any atom is 0.416 e. The molecule has 4 aromatic rings. The number of aromatic nitrogens is 1. The van der Waals surface area contributed by atoms with Gasteiger partial charge in [0, 0.05) is 37.2 Å². The fourth-order valence-corrected chi connectivity index (χ4v) is 5.10. The predicted molar refractivity (Wildman–Crippen MR) is 153 cm³/mol. The van der Waals surface area contributed by atoms with Crippen LogP contribution in [0.25, 0.3) is 0 Å². The minimum atomic E-state index is -4.47. The SMILES string of the molecule is CCCN(CC(=O)N1CCn2cccc2[C@H]1c1cccc(Oc2ccccc2)c1)C(=O)Nc1ccc(C(F)(F)F)cc1. The Morgan fingerprint density at radius 2 is 1.67 bits per heavy atom. The first-order valence-corrected chi connectivity index (χ1v) is 13.7. The van der Waals surface area contributed by atoms with E-state index in [2.05, 4.69) is 9.88 Å². The Labute approximate surface area is 242 Å². The highest BCUT2D eigenvalue weighted by Crippen LogP contribution is 2.35. The van der Waals surface area contributed by atoms with Gasteiger partial charge in [-0.05, 0) is 72.6 Å². The van der Waals surface area contributed by atoms with Crippen LogP contribution in [0.15, 0.2) is 97.2 Å². The molecule has 2 heterocycles. The molecule has 1 atom stereocenters. The van der Waals surface area contributed by atoms with Gasteiger partial charge in [-0.3, -0.25) is 4.79 Å². The van der Waals surface area contributed by atoms with Gasteiger partial charge in [0.1, 0.15) is 18.0 Å². The summed E-state index contributed by atoms with van der Waals surface area (Å²) in [4.78, 5) is 30.1. The quantitative estimate of drug-likeness (QED) is 0.242. The van der Waals surface area contributed by atoms with Crippen LogP contribution in [0.1, 0.15) is 36.2 Å². The summed E-state index contributed by atoms with van der Waals surface area (Å²) in [5.74, 6) is 1.10. The van der Waals surface area contributed by atoms with Crippen molar-refractivity contribution < 1.29 is 27.5 Å². The average molecular weight is 577 g/mol. The summed E-state index contributed by atoms with van der Waals surface area (Å²) in [7, 11) is 0. The number of carbonyl (C=O) groups excluding carboxylic acids is 2. The van der Waals surface area contributed by atoms with Gasteiger partial charge in [-0.2, -0.15) is 13.2 Å². The lowest BCUT2D eigenvalue weighted by atomic mass is 9.99. The fourth-order valence-electron chi connectivity index (χ4n) is 5.10. The van der Waals surface area contributed by atoms with Crippen LogP contribution in [-0.2, 0) is 17.5 Å². The van der Waals surface area contributed by atoms with Crippen molar-refractivity contribution in [2.45, 2.75) is 32.1 Å². The van der Waals surface area contributed by atoms with Crippen molar-refractivity contribution in [2.75, 3.05) is 25.0 Å². The van der Waals surface area contributed by atoms with E-state index in [0.29, 0.717) is 37.6 Å². The second kappa shape index (κ2) is 12.4. The summed E-state index contributed by atoms with van der Waals surface area (Å²) in [6, 6.07) is 24.2. The fraction of sp³-hybridized carbons (Fsp3) is 0.250. The van der Waals surface area contributed by atoms with Crippen molar-refractivity contribution in [1.82, 2.24) is 14.4 Å². The molecule has 0 unspecified atom stereocenters. The number of amides is 3. The number of hydrogen-bond acceptors (Lipinski definition) is 3. The molecule has 42 heavy (non-hydrogen) atoms. The molecular formula is C32H31F3N4O3. The molecule has 5 rings (SSSR count). The molecule has 10 heteroatoms. The molecule has 0 radical (unpaired) electrons. The van der Waals surface area contributed by atoms with E-state index in [9.17, 15) is 22.8 Å². The first-order chi connectivity index (χ1) is 20.2. The first kappa shape index (κ1) is 28.8. The number of urea groups is 1. The highest BCUT2D eigenvalue weighted by atomic mass is 19.4. The Kier molecular flexibility index (Phi) is 8.51. The minimum Gasteiger partial charge on any atom is -0.457 e. The van der Waals surface area contributed by atoms with Gasteiger partial charge >= 0.3 is 12.2 Å². The number of para-hydroxylation sites is 1. The van der Waals surface area contributed by atoms with Crippen molar-refractivity contribution in [3.8, 4) is 11.5 Å². The van der Waals surface area contributed by atoms with E-state index in [4.69, 9.17) is 4.74 Å². The zero-order chi connectivity index (χ0) is 29.7. The second-order valence-corrected chi connectivity index (χ2v) is 10.0. The number of ether oxygens (including phenoxy) is 1. The van der Waals surface area contributed by atoms with Crippen LogP contribution < -0.4 is 10.1 Å². The van der Waals surface area contributed by atoms with E-state index in [1.54, 1.807) is 4.90 Å². The maximum atomic E-state index is 13.8. The number of anilines is 1. The second-order valence-electron chi connectivity index (χ2n) is 10.0. The number of fused-ring (bicyclic) bond motifs is 1. The molecule has 0 saturated carbocycles. The third kappa shape index (κ3) is 6.59. The summed E-state index contributed by atoms with van der Waals surface area (Å²) < 4.78 is 47.0. The zero-order valence-electron chi connectivity index (χ0n) is 23.1. The Hall–Kier alpha value is -4.73. The Balaban J connectivity index is 1.35. The monoisotopic (exact) mass is 576 g/mol. The summed E-state index contributed by atoms with van der Waals surface area (Å²) >= 11 is 0. The van der Waals surface area contributed by atoms with Crippen LogP contribution >= 0.6 is 0 Å². The lowest BCUT2D eigenvalue weighted by Gasteiger charge is -2.38. The van der Waals surface area contributed by atoms with Gasteiger partial charge in [0.05, 0.1) is 11.6 Å². The molecule has 0 aliphatic carbocycles. The number of rotatable bonds is 8. The molecule has 1 aromatic heterocycles. The topological polar surface area (TPSA) is 66.8 Å². The third-order valence-corrected chi connectivity index (χ3v) is 7.08. The molecule has 0 saturated heterocycles. The molecular weight excluding hydrogens is 545 g/mol. The summed E-state index contributed by atoms with van der Waals surface area (Å²) in [6.45, 7) is 3.05. The van der Waals surface area contributed by atoms with Crippen LogP contribution in [0, 0.1) is 0 Å². The Bertz CT molecular complexity index is 1520. The number of hydrogen-bond donors (Lipinski definition) is 1. The Morgan fingerprint density at radius 1 is 0.929 bits per heavy atom. The highest BCUT2D eigenvalue weighted by Gasteiger charge is 2.34. The van der Waals surface area contributed by atoms with Crippen molar-refractivity contribution in [3.63, 3.8) is 0 Å². The lowest BCUT2D eigenvalue weighted by molar-refractivity contribution is -0.137. The lowest BCUT2D eigenvalue weighted by Crippen LogP contribution is -2.48. The van der Waals surface area contributed by atoms with E-state index in [-0.39, 0.29) is 18.1 Å². The molecule has 1 aliphatic heterocycles. The van der Waals surface area contributed by atoms with Crippen LogP contribution in [0.2, 0.25) is 0 Å². The van der Waals surface area contributed by atoms with Gasteiger partial charge in [0.2, 0.25) is 5.91 Å². The van der Waals surface area contributed by atoms with Gasteiger partial charge in [0.25, 0.3) is 0 Å². The molecule has 0 bridgehead atoms. The van der Waals surface area contributed by atoms with E-state index in [1.165, 1.54) is 17.0 Å². The van der Waals surface area contributed by atoms with Gasteiger partial charge in [0.15, 0.2) is 0 Å². The standard InChI is InChI=1S/C32H31F3N4O3/c1-2-17-38(31(41)36-25-15-13-24(14-16-25)32(33,34)35)22-29(40)39-20-19-37-18-7-12-28(37)30(39)23-8-6-11-27(21-23)42-26-9-4-3-5-10-26/h3-16,18,21,30H,2,17,19-20,22H2,1H3,(H,36,41)/t30-/m1/s1. The molecule has 3 aromatic carbocycles. The van der Waals surface area contributed by atoms with Crippen molar-refractivity contribution in [1.29, 1.82) is 0 Å². The van der Waals surface area contributed by atoms with E-state index in [1.807, 2.05) is 79.9 Å². The van der Waals surface area contributed by atoms with Gasteiger partial charge in [-0.1, -0.05) is 37.3 Å². The summed E-state index contributed by atoms with van der Waals surface area (Å²) in [5.41, 5.74) is 1.22. The number of alkyl halides is 3. The normalized spacial score (nSPS) is 14.7. The minimum absolute atomic E-state index is 0.183. The molecule has 7 nitrogen and oxygen atoms in total. The average Bonchev–Trinajstić information content (AvgIpc) is 3.46. The van der Waals surface area contributed by atoms with Crippen LogP contribution in [0.3, 0.4) is 0 Å². The smallest absolute Gasteiger partial charge is 0.416 e. The van der Waals surface area contributed by atoms with E-state index < -0.39 is 23.8 Å². The molecule has 1 aliphatic rings. The van der Waals surface area contributed by atoms with Crippen molar-refractivity contribution in [3.05, 3.63) is 114 Å². The number of benzene rings is 3. The summed E-state index contributed by atoms with van der Waals surface area (Å²) in [5, 5.41) is 2.63. The number of nitrogens with one attached hydrogen (secondary N) is 1. The first-order valence-electron chi connectivity index (χ1n) is 13.7. The molecule has 218 valence electrons. The number of carbonyl (C=O) groups is 2. The van der Waals surface area contributed by atoms with Crippen LogP contribution in [-0.4, -0.2) is 45.9 Å². The zero-order valence-corrected chi connectivity index (χ0v) is 23.1. The maximum absolute atomic E-state index is 13.8. The summed E-state index contributed by atoms with van der Waals surface area (Å²) in [6.07, 6.45) is -1.89. The third-order valence-electron chi connectivity index (χ3n) is 7.08. The highest BCUT2D eigenvalue weighted by molar-refractivity contribution is 5.92. The van der Waals surface area contributed by atoms with Crippen LogP contribution in [0.5, 0.6) is 11.5 Å². The molecule has 3 amide bonds.